The average Bonchev–Trinajstić information content (AvgIpc) is 2.82. The summed E-state index contributed by atoms with van der Waals surface area (Å²) in [6.07, 6.45) is 9.82. The minimum Gasteiger partial charge on any atom is -1.00 e. The third kappa shape index (κ3) is 9.73. The van der Waals surface area contributed by atoms with E-state index in [4.69, 9.17) is 0 Å². The maximum absolute atomic E-state index is 11.6. The van der Waals surface area contributed by atoms with Gasteiger partial charge in [-0.15, -0.1) is 0 Å². The monoisotopic (exact) mass is 672 g/mol. The van der Waals surface area contributed by atoms with Gasteiger partial charge in [-0.25, -0.2) is 0 Å². The molecule has 1 aliphatic carbocycles. The molecule has 0 spiro atoms. The molecule has 2 aromatic rings. The number of benzene rings is 2. The molecule has 43 heavy (non-hydrogen) atoms. The third-order valence-corrected chi connectivity index (χ3v) is 8.74. The van der Waals surface area contributed by atoms with Gasteiger partial charge in [0.2, 0.25) is 0 Å². The van der Waals surface area contributed by atoms with Crippen LogP contribution in [0.15, 0.2) is 24.3 Å². The molecule has 0 aliphatic heterocycles. The van der Waals surface area contributed by atoms with Crippen LogP contribution in [0.3, 0.4) is 0 Å². The number of hydrogen-bond donors (Lipinski definition) is 2. The number of phenols is 2. The van der Waals surface area contributed by atoms with Crippen LogP contribution in [0.4, 0.5) is 0 Å². The maximum Gasteiger partial charge on any atom is -1.00 e. The molecule has 0 amide bonds. The number of aromatic hydroxyl groups is 2. The number of nitrogens with zero attached hydrogens (tertiary/aromatic N) is 2. The molecular formula is C36H55Cl2MnN2O2. The first kappa shape index (κ1) is 39.5. The Bertz CT molecular complexity index is 1330. The van der Waals surface area contributed by atoms with Gasteiger partial charge in [0.05, 0.1) is 0 Å². The molecule has 0 atom stereocenters. The molecule has 2 aromatic carbocycles. The third-order valence-electron chi connectivity index (χ3n) is 8.31. The summed E-state index contributed by atoms with van der Waals surface area (Å²) in [6.45, 7) is 26.2. The van der Waals surface area contributed by atoms with Crippen molar-refractivity contribution in [3.8, 4) is 11.5 Å². The molecule has 242 valence electrons. The topological polar surface area (TPSA) is 46.5 Å². The normalized spacial score (nSPS) is 16.0. The average molecular weight is 674 g/mol. The molecule has 1 fully saturated rings. The van der Waals surface area contributed by atoms with Crippen molar-refractivity contribution in [2.75, 3.05) is 0 Å². The van der Waals surface area contributed by atoms with Gasteiger partial charge in [-0.05, 0) is 0 Å². The second-order valence-electron chi connectivity index (χ2n) is 16.1. The van der Waals surface area contributed by atoms with E-state index in [0.717, 1.165) is 35.1 Å². The van der Waals surface area contributed by atoms with Crippen molar-refractivity contribution in [3.63, 3.8) is 0 Å². The zero-order chi connectivity index (χ0) is 31.1. The molecule has 0 radical (unpaired) electrons. The molecule has 3 rings (SSSR count). The predicted molar refractivity (Wildman–Crippen MR) is 169 cm³/mol. The second-order valence-corrected chi connectivity index (χ2v) is 16.7. The van der Waals surface area contributed by atoms with Gasteiger partial charge < -0.3 is 24.8 Å². The summed E-state index contributed by atoms with van der Waals surface area (Å²) in [6, 6.07) is 8.83. The van der Waals surface area contributed by atoms with Crippen LogP contribution in [0.2, 0.25) is 0 Å². The van der Waals surface area contributed by atoms with E-state index < -0.39 is 0 Å². The fourth-order valence-corrected chi connectivity index (χ4v) is 5.93. The first-order chi connectivity index (χ1) is 18.6. The molecule has 0 bridgehead atoms. The Morgan fingerprint density at radius 3 is 1.33 bits per heavy atom. The Morgan fingerprint density at radius 2 is 0.977 bits per heavy atom. The Balaban J connectivity index is 0.00000462. The molecule has 7 heteroatoms. The SMILES string of the molecule is CC(C)(C)c1cc(C=[N+]([Mn])[N+](=Cc2cc(C(C)(C)C)cc(C(C)(C)C)c2O)C2CCCCC2)c(O)c(C(C)(C)C)c1.[Cl-].[Cl-]. The summed E-state index contributed by atoms with van der Waals surface area (Å²) in [5.74, 6) is 0.644. The minimum absolute atomic E-state index is 0. The van der Waals surface area contributed by atoms with E-state index >= 15 is 0 Å². The zero-order valence-electron chi connectivity index (χ0n) is 28.5. The largest absolute Gasteiger partial charge is 1.00 e. The van der Waals surface area contributed by atoms with E-state index in [9.17, 15) is 10.2 Å². The van der Waals surface area contributed by atoms with E-state index in [0.29, 0.717) is 11.5 Å². The Kier molecular flexibility index (Phi) is 13.1. The molecule has 0 aromatic heterocycles. The summed E-state index contributed by atoms with van der Waals surface area (Å²) < 4.78 is 4.16. The van der Waals surface area contributed by atoms with Crippen LogP contribution in [-0.2, 0) is 37.9 Å². The number of hydrogen-bond acceptors (Lipinski definition) is 2. The Labute approximate surface area is 282 Å². The van der Waals surface area contributed by atoms with Crippen LogP contribution >= 0.6 is 0 Å². The Hall–Kier alpha value is -1.52. The molecular weight excluding hydrogens is 618 g/mol. The molecule has 4 nitrogen and oxygen atoms in total. The maximum atomic E-state index is 11.6. The van der Waals surface area contributed by atoms with Gasteiger partial charge in [-0.3, -0.25) is 0 Å². The van der Waals surface area contributed by atoms with Crippen molar-refractivity contribution in [2.24, 2.45) is 0 Å². The fourth-order valence-electron chi connectivity index (χ4n) is 5.51. The van der Waals surface area contributed by atoms with Gasteiger partial charge in [0.1, 0.15) is 0 Å². The van der Waals surface area contributed by atoms with Crippen molar-refractivity contribution < 1.29 is 59.6 Å². The summed E-state index contributed by atoms with van der Waals surface area (Å²) >= 11 is 3.88. The first-order valence-corrected chi connectivity index (χ1v) is 15.8. The quantitative estimate of drug-likeness (QED) is 0.227. The molecule has 0 heterocycles. The summed E-state index contributed by atoms with van der Waals surface area (Å²) in [5, 5.41) is 23.1. The van der Waals surface area contributed by atoms with E-state index in [1.165, 1.54) is 30.4 Å². The first-order valence-electron chi connectivity index (χ1n) is 15.3. The van der Waals surface area contributed by atoms with Crippen molar-refractivity contribution in [3.05, 3.63) is 57.6 Å². The number of phenolic OH excluding ortho intramolecular Hbond substituents is 2. The van der Waals surface area contributed by atoms with Crippen LogP contribution in [-0.4, -0.2) is 37.1 Å². The number of hydrazine groups is 1. The Morgan fingerprint density at radius 1 is 0.605 bits per heavy atom. The number of halogens is 2. The van der Waals surface area contributed by atoms with Crippen molar-refractivity contribution >= 4 is 12.4 Å². The van der Waals surface area contributed by atoms with E-state index in [-0.39, 0.29) is 52.5 Å². The van der Waals surface area contributed by atoms with Gasteiger partial charge in [0.15, 0.2) is 0 Å². The zero-order valence-corrected chi connectivity index (χ0v) is 31.2. The fraction of sp³-hybridized carbons (Fsp3) is 0.611. The molecule has 0 unspecified atom stereocenters. The van der Waals surface area contributed by atoms with Crippen molar-refractivity contribution in [2.45, 2.75) is 143 Å². The van der Waals surface area contributed by atoms with Gasteiger partial charge >= 0.3 is 259 Å². The second kappa shape index (κ2) is 14.3. The van der Waals surface area contributed by atoms with Crippen molar-refractivity contribution in [1.82, 2.24) is 0 Å². The minimum atomic E-state index is -0.206. The number of rotatable bonds is 4. The van der Waals surface area contributed by atoms with Crippen LogP contribution in [0.5, 0.6) is 11.5 Å². The van der Waals surface area contributed by atoms with Gasteiger partial charge in [-0.1, -0.05) is 0 Å². The van der Waals surface area contributed by atoms with E-state index in [1.807, 2.05) is 9.92 Å². The predicted octanol–water partition coefficient (Wildman–Crippen LogP) is 2.57. The summed E-state index contributed by atoms with van der Waals surface area (Å²) in [7, 11) is 0. The summed E-state index contributed by atoms with van der Waals surface area (Å²) in [4.78, 5) is 0. The van der Waals surface area contributed by atoms with E-state index in [2.05, 4.69) is 134 Å². The van der Waals surface area contributed by atoms with Crippen LogP contribution in [0.1, 0.15) is 149 Å². The molecule has 2 N–H and O–H groups in total. The van der Waals surface area contributed by atoms with Crippen LogP contribution in [0, 0.1) is 0 Å². The van der Waals surface area contributed by atoms with Gasteiger partial charge in [-0.2, -0.15) is 0 Å². The molecule has 1 saturated carbocycles. The van der Waals surface area contributed by atoms with Gasteiger partial charge in [0.25, 0.3) is 0 Å². The van der Waals surface area contributed by atoms with Crippen LogP contribution in [0.25, 0.3) is 0 Å². The van der Waals surface area contributed by atoms with Crippen molar-refractivity contribution in [1.29, 1.82) is 0 Å². The van der Waals surface area contributed by atoms with Crippen LogP contribution < -0.4 is 24.8 Å². The summed E-state index contributed by atoms with van der Waals surface area (Å²) in [5.41, 5.74) is 5.34. The molecule has 0 saturated heterocycles. The number of hydrazone groups is 2. The van der Waals surface area contributed by atoms with Gasteiger partial charge in [0, 0.05) is 0 Å². The smallest absolute Gasteiger partial charge is 1.00 e. The van der Waals surface area contributed by atoms with E-state index in [1.54, 1.807) is 0 Å². The standard InChI is InChI=1S/C36H54N2O2.2ClH.Mn/c1-33(2,3)26-18-24(31(39)29(20-26)35(7,8)9)22-37-38(28-16-14-13-15-17-28)23-25-19-27(34(4,5)6)21-30(32(25)40)36(10,11)12;;;/h18-23,28H,13-17H2,1-12H3,(H,37,39);2*1H;/q;;;+1/p-1. The molecule has 1 aliphatic rings.